The second-order valence-electron chi connectivity index (χ2n) is 6.58. The Labute approximate surface area is 166 Å². The van der Waals surface area contributed by atoms with Crippen LogP contribution in [0.1, 0.15) is 23.6 Å². The molecular weight excluding hydrogens is 375 g/mol. The topological polar surface area (TPSA) is 96.0 Å². The molecule has 3 aromatic rings. The van der Waals surface area contributed by atoms with Crippen LogP contribution in [0.25, 0.3) is 0 Å². The van der Waals surface area contributed by atoms with Gasteiger partial charge in [0.2, 0.25) is 0 Å². The largest absolute Gasteiger partial charge is 0.504 e. The highest BCUT2D eigenvalue weighted by atomic mass is 19.1. The van der Waals surface area contributed by atoms with Gasteiger partial charge in [0.1, 0.15) is 5.60 Å². The molecule has 0 bridgehead atoms. The number of aliphatic hydroxyl groups is 1. The Kier molecular flexibility index (Phi) is 5.70. The molecule has 0 spiro atoms. The molecule has 3 rings (SSSR count). The Bertz CT molecular complexity index is 1000. The van der Waals surface area contributed by atoms with Gasteiger partial charge in [-0.15, -0.1) is 0 Å². The van der Waals surface area contributed by atoms with E-state index in [-0.39, 0.29) is 5.56 Å². The van der Waals surface area contributed by atoms with Gasteiger partial charge in [0.15, 0.2) is 11.6 Å². The van der Waals surface area contributed by atoms with Crippen LogP contribution in [0.4, 0.5) is 10.1 Å². The molecule has 3 aromatic carbocycles. The number of aromatic hydroxyl groups is 1. The van der Waals surface area contributed by atoms with Gasteiger partial charge in [-0.3, -0.25) is 15.1 Å². The summed E-state index contributed by atoms with van der Waals surface area (Å²) in [4.78, 5) is 14.5. The van der Waals surface area contributed by atoms with Crippen molar-refractivity contribution >= 4 is 11.9 Å². The van der Waals surface area contributed by atoms with Gasteiger partial charge in [-0.2, -0.15) is 0 Å². The summed E-state index contributed by atoms with van der Waals surface area (Å²) in [5, 5.41) is 32.5. The van der Waals surface area contributed by atoms with Crippen molar-refractivity contribution in [3.05, 3.63) is 105 Å². The van der Waals surface area contributed by atoms with Crippen LogP contribution >= 0.6 is 0 Å². The fraction of sp³-hybridized carbons (Fsp3) is 0.136. The molecule has 0 aliphatic carbocycles. The number of phenols is 1. The van der Waals surface area contributed by atoms with Crippen LogP contribution < -0.4 is 0 Å². The van der Waals surface area contributed by atoms with E-state index >= 15 is 0 Å². The smallest absolute Gasteiger partial charge is 0.273 e. The first kappa shape index (κ1) is 20.2. The number of nitro benzene ring substituents is 1. The molecule has 1 atom stereocenters. The normalized spacial score (nSPS) is 12.8. The zero-order valence-corrected chi connectivity index (χ0v) is 15.6. The minimum absolute atomic E-state index is 0.146. The molecule has 0 amide bonds. The summed E-state index contributed by atoms with van der Waals surface area (Å²) in [6.07, 6.45) is 1.13. The van der Waals surface area contributed by atoms with Gasteiger partial charge < -0.3 is 10.2 Å². The van der Waals surface area contributed by atoms with Gasteiger partial charge >= 0.3 is 0 Å². The number of nitrogens with zero attached hydrogens (tertiary/aromatic N) is 2. The maximum absolute atomic E-state index is 13.8. The van der Waals surface area contributed by atoms with Crippen molar-refractivity contribution in [1.29, 1.82) is 0 Å². The maximum atomic E-state index is 13.8. The lowest BCUT2D eigenvalue weighted by Crippen LogP contribution is -2.38. The van der Waals surface area contributed by atoms with Gasteiger partial charge in [0.25, 0.3) is 5.69 Å². The molecule has 0 heterocycles. The summed E-state index contributed by atoms with van der Waals surface area (Å²) in [7, 11) is 0. The molecule has 1 unspecified atom stereocenters. The molecule has 0 aromatic heterocycles. The molecule has 0 saturated heterocycles. The van der Waals surface area contributed by atoms with Crippen molar-refractivity contribution in [3.8, 4) is 5.75 Å². The van der Waals surface area contributed by atoms with E-state index in [1.807, 2.05) is 12.1 Å². The number of non-ortho nitro benzene ring substituents is 1. The number of benzene rings is 3. The highest BCUT2D eigenvalue weighted by molar-refractivity contribution is 5.84. The fourth-order valence-electron chi connectivity index (χ4n) is 3.14. The van der Waals surface area contributed by atoms with Gasteiger partial charge in [0.05, 0.1) is 17.0 Å². The fourth-order valence-corrected chi connectivity index (χ4v) is 3.14. The standard InChI is InChI=1S/C22H19FN2O4/c1-15(24-14-16-12-19(25(28)29)13-20(23)21(16)26)22(27,17-8-4-2-5-9-17)18-10-6-3-7-11-18/h2-15,26-27H,1H3. The van der Waals surface area contributed by atoms with Crippen LogP contribution in [0.3, 0.4) is 0 Å². The first-order valence-corrected chi connectivity index (χ1v) is 8.87. The SMILES string of the molecule is CC(N=Cc1cc([N+](=O)[O-])cc(F)c1O)C(O)(c1ccccc1)c1ccccc1. The molecule has 2 N–H and O–H groups in total. The molecule has 0 aliphatic heterocycles. The Hall–Kier alpha value is -3.58. The van der Waals surface area contributed by atoms with E-state index in [1.54, 1.807) is 55.5 Å². The Morgan fingerprint density at radius 1 is 1.07 bits per heavy atom. The van der Waals surface area contributed by atoms with Crippen LogP contribution in [0.2, 0.25) is 0 Å². The molecular formula is C22H19FN2O4. The monoisotopic (exact) mass is 394 g/mol. The summed E-state index contributed by atoms with van der Waals surface area (Å²) in [6.45, 7) is 1.67. The molecule has 29 heavy (non-hydrogen) atoms. The van der Waals surface area contributed by atoms with E-state index in [9.17, 15) is 24.7 Å². The Morgan fingerprint density at radius 2 is 1.59 bits per heavy atom. The van der Waals surface area contributed by atoms with Gasteiger partial charge in [-0.1, -0.05) is 60.7 Å². The van der Waals surface area contributed by atoms with Gasteiger partial charge in [-0.05, 0) is 18.1 Å². The second kappa shape index (κ2) is 8.20. The lowest BCUT2D eigenvalue weighted by atomic mass is 9.81. The van der Waals surface area contributed by atoms with Crippen LogP contribution in [0.15, 0.2) is 77.8 Å². The van der Waals surface area contributed by atoms with E-state index < -0.39 is 33.8 Å². The molecule has 148 valence electrons. The van der Waals surface area contributed by atoms with Gasteiger partial charge in [-0.25, -0.2) is 4.39 Å². The zero-order valence-electron chi connectivity index (χ0n) is 15.6. The maximum Gasteiger partial charge on any atom is 0.273 e. The predicted molar refractivity (Wildman–Crippen MR) is 108 cm³/mol. The average molecular weight is 394 g/mol. The lowest BCUT2D eigenvalue weighted by Gasteiger charge is -2.33. The summed E-state index contributed by atoms with van der Waals surface area (Å²) < 4.78 is 13.8. The van der Waals surface area contributed by atoms with Crippen molar-refractivity contribution in [3.63, 3.8) is 0 Å². The predicted octanol–water partition coefficient (Wildman–Crippen LogP) is 4.18. The highest BCUT2D eigenvalue weighted by Gasteiger charge is 2.37. The van der Waals surface area contributed by atoms with E-state index in [4.69, 9.17) is 0 Å². The molecule has 0 radical (unpaired) electrons. The van der Waals surface area contributed by atoms with Crippen LogP contribution in [0, 0.1) is 15.9 Å². The minimum Gasteiger partial charge on any atom is -0.504 e. The van der Waals surface area contributed by atoms with Crippen molar-refractivity contribution in [2.75, 3.05) is 0 Å². The van der Waals surface area contributed by atoms with Crippen molar-refractivity contribution in [2.24, 2.45) is 4.99 Å². The number of hydrogen-bond acceptors (Lipinski definition) is 5. The van der Waals surface area contributed by atoms with E-state index in [2.05, 4.69) is 4.99 Å². The summed E-state index contributed by atoms with van der Waals surface area (Å²) in [5.74, 6) is -1.86. The van der Waals surface area contributed by atoms with Crippen LogP contribution in [-0.2, 0) is 5.60 Å². The van der Waals surface area contributed by atoms with Crippen molar-refractivity contribution in [2.45, 2.75) is 18.6 Å². The third kappa shape index (κ3) is 4.00. The lowest BCUT2D eigenvalue weighted by molar-refractivity contribution is -0.385. The van der Waals surface area contributed by atoms with Crippen LogP contribution in [0.5, 0.6) is 5.75 Å². The Morgan fingerprint density at radius 3 is 2.07 bits per heavy atom. The van der Waals surface area contributed by atoms with Gasteiger partial charge in [0, 0.05) is 17.8 Å². The Balaban J connectivity index is 2.05. The average Bonchev–Trinajstić information content (AvgIpc) is 2.74. The van der Waals surface area contributed by atoms with Crippen molar-refractivity contribution < 1.29 is 19.5 Å². The van der Waals surface area contributed by atoms with Crippen LogP contribution in [-0.4, -0.2) is 27.4 Å². The molecule has 0 fully saturated rings. The highest BCUT2D eigenvalue weighted by Crippen LogP contribution is 2.35. The first-order chi connectivity index (χ1) is 13.8. The number of halogens is 1. The first-order valence-electron chi connectivity index (χ1n) is 8.87. The number of aliphatic imine (C=N–C) groups is 1. The van der Waals surface area contributed by atoms with E-state index in [0.717, 1.165) is 12.3 Å². The number of phenolic OH excluding ortho intramolecular Hbond substituents is 1. The minimum atomic E-state index is -1.51. The second-order valence-corrected chi connectivity index (χ2v) is 6.58. The molecule has 7 heteroatoms. The summed E-state index contributed by atoms with van der Waals surface area (Å²) >= 11 is 0. The summed E-state index contributed by atoms with van der Waals surface area (Å²) in [5.41, 5.74) is -0.952. The van der Waals surface area contributed by atoms with E-state index in [1.165, 1.54) is 0 Å². The third-order valence-electron chi connectivity index (χ3n) is 4.76. The number of nitro groups is 1. The number of rotatable bonds is 6. The van der Waals surface area contributed by atoms with Crippen molar-refractivity contribution in [1.82, 2.24) is 0 Å². The zero-order chi connectivity index (χ0) is 21.0. The quantitative estimate of drug-likeness (QED) is 0.372. The molecule has 0 aliphatic rings. The molecule has 0 saturated carbocycles. The third-order valence-corrected chi connectivity index (χ3v) is 4.76. The van der Waals surface area contributed by atoms with E-state index in [0.29, 0.717) is 17.2 Å². The summed E-state index contributed by atoms with van der Waals surface area (Å²) in [6, 6.07) is 18.8. The molecule has 6 nitrogen and oxygen atoms in total. The number of hydrogen-bond donors (Lipinski definition) is 2.